The molecule has 0 saturated carbocycles. The Hall–Kier alpha value is -0.160. The van der Waals surface area contributed by atoms with E-state index in [-0.39, 0.29) is 0 Å². The average Bonchev–Trinajstić information content (AvgIpc) is 2.60. The number of aromatic nitrogens is 2. The van der Waals surface area contributed by atoms with Gasteiger partial charge in [0.2, 0.25) is 5.13 Å². The molecule has 3 nitrogen and oxygen atoms in total. The fourth-order valence-corrected chi connectivity index (χ4v) is 2.58. The Bertz CT molecular complexity index is 286. The highest BCUT2D eigenvalue weighted by molar-refractivity contribution is 9.09. The van der Waals surface area contributed by atoms with Crippen LogP contribution in [0.1, 0.15) is 13.8 Å². The second-order valence-corrected chi connectivity index (χ2v) is 5.92. The third-order valence-corrected chi connectivity index (χ3v) is 4.70. The van der Waals surface area contributed by atoms with Crippen LogP contribution in [0.4, 0.5) is 5.13 Å². The van der Waals surface area contributed by atoms with Gasteiger partial charge in [-0.05, 0) is 5.41 Å². The van der Waals surface area contributed by atoms with Gasteiger partial charge in [0.1, 0.15) is 6.33 Å². The second-order valence-electron chi connectivity index (χ2n) is 4.06. The molecule has 1 atom stereocenters. The summed E-state index contributed by atoms with van der Waals surface area (Å²) in [5, 5.41) is 1.04. The number of halogens is 1. The molecule has 1 aromatic rings. The van der Waals surface area contributed by atoms with E-state index in [1.54, 1.807) is 6.33 Å². The van der Waals surface area contributed by atoms with Crippen LogP contribution in [0.2, 0.25) is 0 Å². The lowest BCUT2D eigenvalue weighted by Crippen LogP contribution is -2.23. The van der Waals surface area contributed by atoms with Crippen LogP contribution in [-0.4, -0.2) is 27.3 Å². The third-order valence-electron chi connectivity index (χ3n) is 2.45. The maximum absolute atomic E-state index is 4.21. The van der Waals surface area contributed by atoms with Crippen molar-refractivity contribution in [2.24, 2.45) is 5.41 Å². The molecule has 0 spiro atoms. The molecule has 13 heavy (non-hydrogen) atoms. The fraction of sp³-hybridized carbons (Fsp3) is 0.750. The van der Waals surface area contributed by atoms with Gasteiger partial charge < -0.3 is 4.90 Å². The Morgan fingerprint density at radius 2 is 2.46 bits per heavy atom. The minimum absolute atomic E-state index is 0.325. The normalized spacial score (nSPS) is 26.7. The van der Waals surface area contributed by atoms with E-state index in [0.717, 1.165) is 18.2 Å². The van der Waals surface area contributed by atoms with E-state index in [1.807, 2.05) is 0 Å². The lowest BCUT2D eigenvalue weighted by molar-refractivity contribution is 0.434. The minimum atomic E-state index is 0.325. The van der Waals surface area contributed by atoms with E-state index in [0.29, 0.717) is 10.2 Å². The number of nitrogens with zero attached hydrogens (tertiary/aromatic N) is 3. The predicted octanol–water partition coefficient (Wildman–Crippen LogP) is 2.15. The van der Waals surface area contributed by atoms with Gasteiger partial charge in [-0.25, -0.2) is 4.98 Å². The molecular weight excluding hydrogens is 250 g/mol. The molecule has 1 fully saturated rings. The fourth-order valence-electron chi connectivity index (χ4n) is 1.55. The first-order valence-corrected chi connectivity index (χ1v) is 5.94. The lowest BCUT2D eigenvalue weighted by Gasteiger charge is -2.20. The van der Waals surface area contributed by atoms with Crippen LogP contribution < -0.4 is 4.90 Å². The van der Waals surface area contributed by atoms with Gasteiger partial charge in [0.15, 0.2) is 0 Å². The molecule has 0 N–H and O–H groups in total. The quantitative estimate of drug-likeness (QED) is 0.726. The van der Waals surface area contributed by atoms with Crippen LogP contribution in [0.25, 0.3) is 0 Å². The summed E-state index contributed by atoms with van der Waals surface area (Å²) in [4.78, 5) is 7.04. The van der Waals surface area contributed by atoms with Crippen LogP contribution in [-0.2, 0) is 0 Å². The van der Waals surface area contributed by atoms with Crippen molar-refractivity contribution in [3.05, 3.63) is 6.33 Å². The Labute approximate surface area is 90.5 Å². The van der Waals surface area contributed by atoms with Gasteiger partial charge in [0.25, 0.3) is 0 Å². The maximum Gasteiger partial charge on any atom is 0.204 e. The Kier molecular flexibility index (Phi) is 2.32. The third kappa shape index (κ3) is 1.72. The molecule has 1 aliphatic heterocycles. The number of alkyl halides is 1. The molecule has 0 amide bonds. The monoisotopic (exact) mass is 261 g/mol. The SMILES string of the molecule is CC1(C)CN(c2ncns2)CC1Br. The van der Waals surface area contributed by atoms with Gasteiger partial charge in [-0.3, -0.25) is 0 Å². The molecule has 1 saturated heterocycles. The lowest BCUT2D eigenvalue weighted by atomic mass is 9.93. The molecule has 0 radical (unpaired) electrons. The van der Waals surface area contributed by atoms with Gasteiger partial charge in [0.05, 0.1) is 0 Å². The van der Waals surface area contributed by atoms with Crippen molar-refractivity contribution in [2.45, 2.75) is 18.7 Å². The van der Waals surface area contributed by atoms with E-state index in [4.69, 9.17) is 0 Å². The number of rotatable bonds is 1. The number of anilines is 1. The van der Waals surface area contributed by atoms with E-state index >= 15 is 0 Å². The topological polar surface area (TPSA) is 29.0 Å². The van der Waals surface area contributed by atoms with Crippen molar-refractivity contribution < 1.29 is 0 Å². The van der Waals surface area contributed by atoms with Gasteiger partial charge in [-0.2, -0.15) is 4.37 Å². The first-order chi connectivity index (χ1) is 6.09. The van der Waals surface area contributed by atoms with Gasteiger partial charge in [-0.15, -0.1) is 0 Å². The zero-order chi connectivity index (χ0) is 9.47. The molecular formula is C8H12BrN3S. The summed E-state index contributed by atoms with van der Waals surface area (Å²) in [5.41, 5.74) is 0.325. The summed E-state index contributed by atoms with van der Waals surface area (Å²) in [6.07, 6.45) is 1.62. The second kappa shape index (κ2) is 3.20. The molecule has 72 valence electrons. The average molecular weight is 262 g/mol. The summed E-state index contributed by atoms with van der Waals surface area (Å²) in [5.74, 6) is 0. The van der Waals surface area contributed by atoms with E-state index in [1.165, 1.54) is 11.5 Å². The molecule has 1 aromatic heterocycles. The highest BCUT2D eigenvalue weighted by Crippen LogP contribution is 2.37. The Morgan fingerprint density at radius 1 is 1.69 bits per heavy atom. The van der Waals surface area contributed by atoms with E-state index in [9.17, 15) is 0 Å². The molecule has 0 aromatic carbocycles. The highest BCUT2D eigenvalue weighted by atomic mass is 79.9. The van der Waals surface area contributed by atoms with Gasteiger partial charge >= 0.3 is 0 Å². The number of hydrogen-bond acceptors (Lipinski definition) is 4. The molecule has 0 aliphatic carbocycles. The standard InChI is InChI=1S/C8H12BrN3S/c1-8(2)4-12(3-6(8)9)7-10-5-11-13-7/h5-6H,3-4H2,1-2H3. The van der Waals surface area contributed by atoms with Crippen LogP contribution in [0, 0.1) is 5.41 Å². The Balaban J connectivity index is 2.15. The molecule has 2 rings (SSSR count). The van der Waals surface area contributed by atoms with Crippen LogP contribution in [0.5, 0.6) is 0 Å². The summed E-state index contributed by atoms with van der Waals surface area (Å²) in [6.45, 7) is 6.63. The van der Waals surface area contributed by atoms with E-state index < -0.39 is 0 Å². The largest absolute Gasteiger partial charge is 0.345 e. The van der Waals surface area contributed by atoms with E-state index in [2.05, 4.69) is 44.0 Å². The molecule has 1 aliphatic rings. The van der Waals surface area contributed by atoms with Crippen molar-refractivity contribution >= 4 is 32.6 Å². The minimum Gasteiger partial charge on any atom is -0.345 e. The molecule has 0 bridgehead atoms. The summed E-state index contributed by atoms with van der Waals surface area (Å²) in [7, 11) is 0. The van der Waals surface area contributed by atoms with Crippen LogP contribution in [0.3, 0.4) is 0 Å². The maximum atomic E-state index is 4.21. The molecule has 5 heteroatoms. The van der Waals surface area contributed by atoms with Crippen molar-refractivity contribution in [3.63, 3.8) is 0 Å². The molecule has 2 heterocycles. The van der Waals surface area contributed by atoms with Gasteiger partial charge in [-0.1, -0.05) is 29.8 Å². The van der Waals surface area contributed by atoms with Crippen LogP contribution in [0.15, 0.2) is 6.33 Å². The molecule has 1 unspecified atom stereocenters. The van der Waals surface area contributed by atoms with Crippen molar-refractivity contribution in [1.29, 1.82) is 0 Å². The smallest absolute Gasteiger partial charge is 0.204 e. The van der Waals surface area contributed by atoms with Crippen molar-refractivity contribution in [2.75, 3.05) is 18.0 Å². The zero-order valence-electron chi connectivity index (χ0n) is 7.70. The predicted molar refractivity (Wildman–Crippen MR) is 58.6 cm³/mol. The van der Waals surface area contributed by atoms with Crippen molar-refractivity contribution in [1.82, 2.24) is 9.36 Å². The summed E-state index contributed by atoms with van der Waals surface area (Å²) in [6, 6.07) is 0. The first kappa shape index (κ1) is 9.40. The summed E-state index contributed by atoms with van der Waals surface area (Å²) < 4.78 is 4.01. The van der Waals surface area contributed by atoms with Gasteiger partial charge in [0, 0.05) is 29.4 Å². The highest BCUT2D eigenvalue weighted by Gasteiger charge is 2.38. The number of hydrogen-bond donors (Lipinski definition) is 0. The zero-order valence-corrected chi connectivity index (χ0v) is 10.1. The van der Waals surface area contributed by atoms with Crippen molar-refractivity contribution in [3.8, 4) is 0 Å². The Morgan fingerprint density at radius 3 is 2.92 bits per heavy atom. The van der Waals surface area contributed by atoms with Crippen LogP contribution >= 0.6 is 27.5 Å². The first-order valence-electron chi connectivity index (χ1n) is 4.25. The summed E-state index contributed by atoms with van der Waals surface area (Å²) >= 11 is 5.17.